The van der Waals surface area contributed by atoms with Crippen molar-refractivity contribution < 1.29 is 13.2 Å². The van der Waals surface area contributed by atoms with Crippen LogP contribution in [0.3, 0.4) is 0 Å². The van der Waals surface area contributed by atoms with E-state index in [1.54, 1.807) is 45.0 Å². The number of anilines is 1. The van der Waals surface area contributed by atoms with Crippen LogP contribution < -0.4 is 15.6 Å². The zero-order chi connectivity index (χ0) is 25.2. The van der Waals surface area contributed by atoms with E-state index < -0.39 is 10.0 Å². The molecule has 3 aromatic rings. The Morgan fingerprint density at radius 3 is 2.18 bits per heavy atom. The maximum Gasteiger partial charge on any atom is 0.251 e. The van der Waals surface area contributed by atoms with Crippen molar-refractivity contribution in [1.82, 2.24) is 14.7 Å². The van der Waals surface area contributed by atoms with Crippen LogP contribution in [0.1, 0.15) is 39.9 Å². The molecule has 0 aliphatic rings. The summed E-state index contributed by atoms with van der Waals surface area (Å²) in [5.41, 5.74) is 5.92. The number of rotatable bonds is 7. The van der Waals surface area contributed by atoms with Crippen LogP contribution >= 0.6 is 0 Å². The Hall–Kier alpha value is -3.30. The van der Waals surface area contributed by atoms with Crippen molar-refractivity contribution in [3.8, 4) is 11.4 Å². The van der Waals surface area contributed by atoms with E-state index in [-0.39, 0.29) is 29.3 Å². The predicted molar refractivity (Wildman–Crippen MR) is 134 cm³/mol. The molecule has 180 valence electrons. The third-order valence-corrected chi connectivity index (χ3v) is 7.87. The number of hydrogen-bond donors (Lipinski definition) is 3. The Balaban J connectivity index is 1.68. The molecule has 0 bridgehead atoms. The number of carbonyl (C=O) groups is 1. The zero-order valence-electron chi connectivity index (χ0n) is 20.3. The lowest BCUT2D eigenvalue weighted by molar-refractivity contribution is -0.116. The van der Waals surface area contributed by atoms with Crippen molar-refractivity contribution >= 4 is 21.6 Å². The lowest BCUT2D eigenvalue weighted by atomic mass is 9.95. The van der Waals surface area contributed by atoms with Gasteiger partial charge in [0.2, 0.25) is 15.9 Å². The van der Waals surface area contributed by atoms with Crippen molar-refractivity contribution in [2.24, 2.45) is 0 Å². The maximum atomic E-state index is 13.0. The normalized spacial score (nSPS) is 11.5. The van der Waals surface area contributed by atoms with E-state index in [1.807, 2.05) is 20.8 Å². The molecule has 8 nitrogen and oxygen atoms in total. The first-order valence-electron chi connectivity index (χ1n) is 11.0. The molecule has 1 heterocycles. The summed E-state index contributed by atoms with van der Waals surface area (Å²) in [7, 11) is -3.77. The van der Waals surface area contributed by atoms with Crippen molar-refractivity contribution in [3.05, 3.63) is 74.2 Å². The van der Waals surface area contributed by atoms with Gasteiger partial charge in [0.25, 0.3) is 5.56 Å². The van der Waals surface area contributed by atoms with Crippen LogP contribution in [0.5, 0.6) is 0 Å². The molecule has 1 amide bonds. The molecule has 0 fully saturated rings. The second-order valence-corrected chi connectivity index (χ2v) is 10.2. The SMILES string of the molecule is Cc1cc(=O)[nH]c(-c2cccc(NC(=O)CCNS(=O)(=O)c3c(C)c(C)c(C)c(C)c3C)c2)n1. The molecule has 0 atom stereocenters. The number of carbonyl (C=O) groups excluding carboxylic acids is 1. The summed E-state index contributed by atoms with van der Waals surface area (Å²) in [6, 6.07) is 8.33. The van der Waals surface area contributed by atoms with E-state index >= 15 is 0 Å². The minimum absolute atomic E-state index is 0.0362. The first-order valence-corrected chi connectivity index (χ1v) is 12.4. The van der Waals surface area contributed by atoms with Gasteiger partial charge in [-0.2, -0.15) is 0 Å². The Kier molecular flexibility index (Phi) is 7.38. The van der Waals surface area contributed by atoms with Gasteiger partial charge in [-0.1, -0.05) is 12.1 Å². The molecule has 9 heteroatoms. The largest absolute Gasteiger partial charge is 0.326 e. The lowest BCUT2D eigenvalue weighted by Crippen LogP contribution is -2.29. The van der Waals surface area contributed by atoms with Crippen molar-refractivity contribution in [2.75, 3.05) is 11.9 Å². The fraction of sp³-hybridized carbons (Fsp3) is 0.320. The molecule has 0 aliphatic carbocycles. The summed E-state index contributed by atoms with van der Waals surface area (Å²) in [5.74, 6) is 0.0681. The standard InChI is InChI=1S/C25H30N4O4S/c1-14-12-23(31)29-25(27-14)20-8-7-9-21(13-20)28-22(30)10-11-26-34(32,33)24-18(5)16(3)15(2)17(4)19(24)6/h7-9,12-13,26H,10-11H2,1-6H3,(H,28,30)(H,27,29,31). The summed E-state index contributed by atoms with van der Waals surface area (Å²) < 4.78 is 28.6. The molecule has 0 spiro atoms. The minimum Gasteiger partial charge on any atom is -0.326 e. The van der Waals surface area contributed by atoms with Crippen LogP contribution in [0.25, 0.3) is 11.4 Å². The van der Waals surface area contributed by atoms with Gasteiger partial charge in [-0.3, -0.25) is 9.59 Å². The zero-order valence-corrected chi connectivity index (χ0v) is 21.1. The topological polar surface area (TPSA) is 121 Å². The number of H-pyrrole nitrogens is 1. The smallest absolute Gasteiger partial charge is 0.251 e. The molecule has 3 rings (SSSR count). The Bertz CT molecular complexity index is 1400. The monoisotopic (exact) mass is 482 g/mol. The minimum atomic E-state index is -3.77. The summed E-state index contributed by atoms with van der Waals surface area (Å²) in [4.78, 5) is 31.5. The summed E-state index contributed by atoms with van der Waals surface area (Å²) in [5, 5.41) is 2.76. The first-order chi connectivity index (χ1) is 15.9. The van der Waals surface area contributed by atoms with Gasteiger partial charge in [0.1, 0.15) is 5.82 Å². The predicted octanol–water partition coefficient (Wildman–Crippen LogP) is 3.59. The number of aryl methyl sites for hydroxylation is 1. The van der Waals surface area contributed by atoms with E-state index in [1.165, 1.54) is 6.07 Å². The van der Waals surface area contributed by atoms with E-state index in [2.05, 4.69) is 20.0 Å². The summed E-state index contributed by atoms with van der Waals surface area (Å²) in [6.45, 7) is 11.1. The van der Waals surface area contributed by atoms with Crippen LogP contribution in [0.15, 0.2) is 40.0 Å². The van der Waals surface area contributed by atoms with Gasteiger partial charge in [-0.15, -0.1) is 0 Å². The Morgan fingerprint density at radius 1 is 0.941 bits per heavy atom. The number of aromatic amines is 1. The second-order valence-electron chi connectivity index (χ2n) is 8.47. The van der Waals surface area contributed by atoms with Gasteiger partial charge < -0.3 is 10.3 Å². The number of nitrogens with one attached hydrogen (secondary N) is 3. The molecule has 1 aromatic heterocycles. The van der Waals surface area contributed by atoms with Gasteiger partial charge in [-0.25, -0.2) is 18.1 Å². The number of amides is 1. The molecule has 0 unspecified atom stereocenters. The highest BCUT2D eigenvalue weighted by Crippen LogP contribution is 2.29. The number of benzene rings is 2. The van der Waals surface area contributed by atoms with E-state index in [4.69, 9.17) is 0 Å². The highest BCUT2D eigenvalue weighted by Gasteiger charge is 2.23. The molecule has 34 heavy (non-hydrogen) atoms. The van der Waals surface area contributed by atoms with Crippen molar-refractivity contribution in [3.63, 3.8) is 0 Å². The van der Waals surface area contributed by atoms with Gasteiger partial charge in [0.05, 0.1) is 4.90 Å². The highest BCUT2D eigenvalue weighted by atomic mass is 32.2. The second kappa shape index (κ2) is 9.90. The quantitative estimate of drug-likeness (QED) is 0.475. The van der Waals surface area contributed by atoms with Gasteiger partial charge in [0.15, 0.2) is 0 Å². The number of aromatic nitrogens is 2. The first kappa shape index (κ1) is 25.3. The third-order valence-electron chi connectivity index (χ3n) is 6.13. The molecule has 0 saturated heterocycles. The fourth-order valence-corrected chi connectivity index (χ4v) is 5.55. The molecule has 3 N–H and O–H groups in total. The fourth-order valence-electron chi connectivity index (χ4n) is 3.92. The van der Waals surface area contributed by atoms with Crippen LogP contribution in [-0.2, 0) is 14.8 Å². The lowest BCUT2D eigenvalue weighted by Gasteiger charge is -2.19. The van der Waals surface area contributed by atoms with Crippen LogP contribution in [0.2, 0.25) is 0 Å². The Morgan fingerprint density at radius 2 is 1.56 bits per heavy atom. The van der Waals surface area contributed by atoms with Gasteiger partial charge in [0, 0.05) is 36.0 Å². The number of sulfonamides is 1. The molecule has 2 aromatic carbocycles. The molecular weight excluding hydrogens is 452 g/mol. The van der Waals surface area contributed by atoms with Crippen molar-refractivity contribution in [2.45, 2.75) is 52.9 Å². The van der Waals surface area contributed by atoms with Crippen LogP contribution in [0.4, 0.5) is 5.69 Å². The number of nitrogens with zero attached hydrogens (tertiary/aromatic N) is 1. The van der Waals surface area contributed by atoms with E-state index in [9.17, 15) is 18.0 Å². The maximum absolute atomic E-state index is 13.0. The average Bonchev–Trinajstić information content (AvgIpc) is 2.75. The molecule has 0 saturated carbocycles. The van der Waals surface area contributed by atoms with E-state index in [0.717, 1.165) is 27.8 Å². The molecule has 0 radical (unpaired) electrons. The molecule has 0 aliphatic heterocycles. The number of hydrogen-bond acceptors (Lipinski definition) is 5. The van der Waals surface area contributed by atoms with Gasteiger partial charge >= 0.3 is 0 Å². The van der Waals surface area contributed by atoms with Crippen molar-refractivity contribution in [1.29, 1.82) is 0 Å². The highest BCUT2D eigenvalue weighted by molar-refractivity contribution is 7.89. The van der Waals surface area contributed by atoms with Crippen LogP contribution in [-0.4, -0.2) is 30.8 Å². The Labute approximate surface area is 199 Å². The third kappa shape index (κ3) is 5.43. The van der Waals surface area contributed by atoms with E-state index in [0.29, 0.717) is 22.8 Å². The summed E-state index contributed by atoms with van der Waals surface area (Å²) >= 11 is 0. The molecular formula is C25H30N4O4S. The summed E-state index contributed by atoms with van der Waals surface area (Å²) in [6.07, 6.45) is -0.0368. The van der Waals surface area contributed by atoms with Gasteiger partial charge in [-0.05, 0) is 81.5 Å². The average molecular weight is 483 g/mol. The van der Waals surface area contributed by atoms with Crippen LogP contribution in [0, 0.1) is 41.5 Å².